The Morgan fingerprint density at radius 2 is 1.88 bits per heavy atom. The van der Waals surface area contributed by atoms with Crippen molar-refractivity contribution in [3.8, 4) is 11.4 Å². The molecule has 1 fully saturated rings. The molecule has 0 aromatic carbocycles. The molecule has 0 N–H and O–H groups in total. The van der Waals surface area contributed by atoms with Gasteiger partial charge >= 0.3 is 0 Å². The molecular formula is C14H17N3. The average molecular weight is 227 g/mol. The fourth-order valence-electron chi connectivity index (χ4n) is 2.54. The number of hydrogen-bond donors (Lipinski definition) is 0. The van der Waals surface area contributed by atoms with Crippen molar-refractivity contribution in [2.75, 3.05) is 0 Å². The molecule has 88 valence electrons. The Morgan fingerprint density at radius 3 is 2.65 bits per heavy atom. The van der Waals surface area contributed by atoms with Crippen LogP contribution in [0.4, 0.5) is 0 Å². The van der Waals surface area contributed by atoms with E-state index < -0.39 is 0 Å². The van der Waals surface area contributed by atoms with Crippen molar-refractivity contribution >= 4 is 0 Å². The molecule has 2 aromatic rings. The van der Waals surface area contributed by atoms with Crippen molar-refractivity contribution in [3.63, 3.8) is 0 Å². The summed E-state index contributed by atoms with van der Waals surface area (Å²) in [5.74, 6) is 0. The van der Waals surface area contributed by atoms with Gasteiger partial charge in [0.1, 0.15) is 5.69 Å². The highest BCUT2D eigenvalue weighted by Gasteiger charge is 2.16. The summed E-state index contributed by atoms with van der Waals surface area (Å²) in [5.41, 5.74) is 1.94. The van der Waals surface area contributed by atoms with Crippen molar-refractivity contribution < 1.29 is 0 Å². The molecule has 1 aliphatic rings. The topological polar surface area (TPSA) is 30.7 Å². The largest absolute Gasteiger partial charge is 0.269 e. The molecule has 0 saturated heterocycles. The van der Waals surface area contributed by atoms with E-state index >= 15 is 0 Å². The van der Waals surface area contributed by atoms with Crippen LogP contribution in [-0.4, -0.2) is 14.8 Å². The van der Waals surface area contributed by atoms with Crippen molar-refractivity contribution in [2.24, 2.45) is 0 Å². The van der Waals surface area contributed by atoms with Crippen LogP contribution in [0, 0.1) is 0 Å². The Labute approximate surface area is 101 Å². The van der Waals surface area contributed by atoms with Gasteiger partial charge in [-0.25, -0.2) is 0 Å². The van der Waals surface area contributed by atoms with Crippen molar-refractivity contribution in [1.29, 1.82) is 0 Å². The van der Waals surface area contributed by atoms with E-state index in [4.69, 9.17) is 0 Å². The lowest BCUT2D eigenvalue weighted by Crippen LogP contribution is -2.13. The van der Waals surface area contributed by atoms with Crippen LogP contribution >= 0.6 is 0 Å². The van der Waals surface area contributed by atoms with Crippen LogP contribution in [0.15, 0.2) is 36.7 Å². The third-order valence-corrected chi connectivity index (χ3v) is 3.48. The lowest BCUT2D eigenvalue weighted by Gasteiger charge is -2.21. The summed E-state index contributed by atoms with van der Waals surface area (Å²) in [7, 11) is 0. The van der Waals surface area contributed by atoms with Crippen LogP contribution in [0.3, 0.4) is 0 Å². The van der Waals surface area contributed by atoms with Crippen LogP contribution in [0.25, 0.3) is 11.4 Å². The highest BCUT2D eigenvalue weighted by molar-refractivity contribution is 5.52. The van der Waals surface area contributed by atoms with Crippen LogP contribution in [0.2, 0.25) is 0 Å². The summed E-state index contributed by atoms with van der Waals surface area (Å²) in [6.07, 6.45) is 10.5. The number of pyridine rings is 1. The van der Waals surface area contributed by atoms with E-state index in [-0.39, 0.29) is 0 Å². The second-order valence-corrected chi connectivity index (χ2v) is 4.69. The lowest BCUT2D eigenvalue weighted by atomic mass is 9.96. The Balaban J connectivity index is 1.83. The van der Waals surface area contributed by atoms with E-state index in [1.165, 1.54) is 32.1 Å². The molecule has 17 heavy (non-hydrogen) atoms. The van der Waals surface area contributed by atoms with E-state index in [2.05, 4.69) is 27.0 Å². The van der Waals surface area contributed by atoms with Gasteiger partial charge in [-0.05, 0) is 31.0 Å². The average Bonchev–Trinajstić information content (AvgIpc) is 2.90. The highest BCUT2D eigenvalue weighted by Crippen LogP contribution is 2.28. The van der Waals surface area contributed by atoms with Crippen LogP contribution in [0.1, 0.15) is 38.1 Å². The molecule has 0 radical (unpaired) electrons. The fraction of sp³-hybridized carbons (Fsp3) is 0.429. The van der Waals surface area contributed by atoms with Crippen LogP contribution in [-0.2, 0) is 0 Å². The Morgan fingerprint density at radius 1 is 1.00 bits per heavy atom. The number of hydrogen-bond acceptors (Lipinski definition) is 2. The van der Waals surface area contributed by atoms with Gasteiger partial charge in [0.2, 0.25) is 0 Å². The molecule has 3 nitrogen and oxygen atoms in total. The van der Waals surface area contributed by atoms with Gasteiger partial charge in [-0.3, -0.25) is 9.67 Å². The minimum atomic E-state index is 0.598. The summed E-state index contributed by atoms with van der Waals surface area (Å²) in [6, 6.07) is 8.61. The van der Waals surface area contributed by atoms with Gasteiger partial charge in [0.05, 0.1) is 11.7 Å². The first-order valence-electron chi connectivity index (χ1n) is 6.40. The Kier molecular flexibility index (Phi) is 2.90. The second-order valence-electron chi connectivity index (χ2n) is 4.69. The molecule has 0 atom stereocenters. The Hall–Kier alpha value is -1.64. The minimum absolute atomic E-state index is 0.598. The molecule has 0 amide bonds. The maximum absolute atomic E-state index is 4.66. The molecule has 2 aromatic heterocycles. The maximum atomic E-state index is 4.66. The molecular weight excluding hydrogens is 210 g/mol. The van der Waals surface area contributed by atoms with E-state index in [0.717, 1.165) is 11.4 Å². The SMILES string of the molecule is c1ccc(-c2ccn(C3CCCCC3)n2)nc1. The number of aromatic nitrogens is 3. The predicted octanol–water partition coefficient (Wildman–Crippen LogP) is 3.45. The molecule has 2 heterocycles. The summed E-state index contributed by atoms with van der Waals surface area (Å²) in [4.78, 5) is 4.33. The first kappa shape index (κ1) is 10.5. The third-order valence-electron chi connectivity index (χ3n) is 3.48. The van der Waals surface area contributed by atoms with Gasteiger partial charge in [0, 0.05) is 12.4 Å². The zero-order valence-corrected chi connectivity index (χ0v) is 9.92. The molecule has 0 bridgehead atoms. The monoisotopic (exact) mass is 227 g/mol. The minimum Gasteiger partial charge on any atom is -0.269 e. The van der Waals surface area contributed by atoms with E-state index in [1.54, 1.807) is 0 Å². The zero-order valence-electron chi connectivity index (χ0n) is 9.92. The molecule has 0 aliphatic heterocycles. The summed E-state index contributed by atoms with van der Waals surface area (Å²) in [6.45, 7) is 0. The summed E-state index contributed by atoms with van der Waals surface area (Å²) in [5, 5.41) is 4.66. The first-order chi connectivity index (χ1) is 8.43. The third kappa shape index (κ3) is 2.23. The second kappa shape index (κ2) is 4.70. The van der Waals surface area contributed by atoms with Crippen molar-refractivity contribution in [1.82, 2.24) is 14.8 Å². The standard InChI is InChI=1S/C14H17N3/c1-2-6-12(7-3-1)17-11-9-14(16-17)13-8-4-5-10-15-13/h4-5,8-12H,1-3,6-7H2. The summed E-state index contributed by atoms with van der Waals surface area (Å²) < 4.78 is 2.13. The molecule has 3 heteroatoms. The van der Waals surface area contributed by atoms with Gasteiger partial charge < -0.3 is 0 Å². The molecule has 0 spiro atoms. The maximum Gasteiger partial charge on any atom is 0.111 e. The predicted molar refractivity (Wildman–Crippen MR) is 67.6 cm³/mol. The van der Waals surface area contributed by atoms with Gasteiger partial charge in [-0.2, -0.15) is 5.10 Å². The summed E-state index contributed by atoms with van der Waals surface area (Å²) >= 11 is 0. The molecule has 0 unspecified atom stereocenters. The lowest BCUT2D eigenvalue weighted by molar-refractivity contribution is 0.330. The molecule has 3 rings (SSSR count). The van der Waals surface area contributed by atoms with E-state index in [1.807, 2.05) is 24.4 Å². The number of nitrogens with zero attached hydrogens (tertiary/aromatic N) is 3. The van der Waals surface area contributed by atoms with Gasteiger partial charge in [-0.1, -0.05) is 25.3 Å². The molecule has 1 saturated carbocycles. The zero-order chi connectivity index (χ0) is 11.5. The van der Waals surface area contributed by atoms with Gasteiger partial charge in [0.15, 0.2) is 0 Å². The normalized spacial score (nSPS) is 17.2. The van der Waals surface area contributed by atoms with Gasteiger partial charge in [0.25, 0.3) is 0 Å². The first-order valence-corrected chi connectivity index (χ1v) is 6.40. The number of rotatable bonds is 2. The van der Waals surface area contributed by atoms with E-state index in [9.17, 15) is 0 Å². The van der Waals surface area contributed by atoms with Crippen LogP contribution < -0.4 is 0 Å². The Bertz CT molecular complexity index is 469. The fourth-order valence-corrected chi connectivity index (χ4v) is 2.54. The van der Waals surface area contributed by atoms with Crippen molar-refractivity contribution in [3.05, 3.63) is 36.7 Å². The van der Waals surface area contributed by atoms with Gasteiger partial charge in [-0.15, -0.1) is 0 Å². The van der Waals surface area contributed by atoms with E-state index in [0.29, 0.717) is 6.04 Å². The highest BCUT2D eigenvalue weighted by atomic mass is 15.3. The smallest absolute Gasteiger partial charge is 0.111 e. The molecule has 1 aliphatic carbocycles. The quantitative estimate of drug-likeness (QED) is 0.786. The van der Waals surface area contributed by atoms with Crippen LogP contribution in [0.5, 0.6) is 0 Å². The van der Waals surface area contributed by atoms with Crippen molar-refractivity contribution in [2.45, 2.75) is 38.1 Å².